The van der Waals surface area contributed by atoms with Gasteiger partial charge in [-0.2, -0.15) is 18.3 Å². The zero-order valence-corrected chi connectivity index (χ0v) is 22.2. The minimum Gasteiger partial charge on any atom is -0.361 e. The molecule has 0 unspecified atom stereocenters. The van der Waals surface area contributed by atoms with Gasteiger partial charge in [0.25, 0.3) is 0 Å². The Bertz CT molecular complexity index is 1640. The first kappa shape index (κ1) is 25.2. The second-order valence-corrected chi connectivity index (χ2v) is 10.1. The summed E-state index contributed by atoms with van der Waals surface area (Å²) in [4.78, 5) is 9.62. The molecule has 5 nitrogen and oxygen atoms in total. The molecule has 5 aromatic rings. The Morgan fingerprint density at radius 1 is 0.974 bits per heavy atom. The Morgan fingerprint density at radius 2 is 1.74 bits per heavy atom. The van der Waals surface area contributed by atoms with E-state index in [1.54, 1.807) is 0 Å². The van der Waals surface area contributed by atoms with E-state index in [-0.39, 0.29) is 0 Å². The fourth-order valence-corrected chi connectivity index (χ4v) is 5.74. The minimum atomic E-state index is -4.41. The van der Waals surface area contributed by atoms with Gasteiger partial charge in [-0.3, -0.25) is 0 Å². The van der Waals surface area contributed by atoms with E-state index in [9.17, 15) is 13.2 Å². The highest BCUT2D eigenvalue weighted by Gasteiger charge is 2.32. The summed E-state index contributed by atoms with van der Waals surface area (Å²) in [6.45, 7) is 7.56. The summed E-state index contributed by atoms with van der Waals surface area (Å²) in [6.07, 6.45) is 0.903. The molecule has 1 N–H and O–H groups in total. The first-order chi connectivity index (χ1) is 18.8. The molecule has 0 saturated heterocycles. The number of pyridine rings is 1. The van der Waals surface area contributed by atoms with Crippen molar-refractivity contribution in [2.75, 3.05) is 11.4 Å². The van der Waals surface area contributed by atoms with Crippen molar-refractivity contribution in [2.45, 2.75) is 52.8 Å². The molecule has 0 aliphatic carbocycles. The molecule has 0 fully saturated rings. The number of rotatable bonds is 5. The van der Waals surface area contributed by atoms with Gasteiger partial charge < -0.3 is 9.88 Å². The van der Waals surface area contributed by atoms with Crippen molar-refractivity contribution in [3.8, 4) is 16.9 Å². The summed E-state index contributed by atoms with van der Waals surface area (Å²) in [5, 5.41) is 6.33. The Labute approximate surface area is 225 Å². The van der Waals surface area contributed by atoms with Gasteiger partial charge in [0.1, 0.15) is 5.82 Å². The Kier molecular flexibility index (Phi) is 6.20. The van der Waals surface area contributed by atoms with Gasteiger partial charge in [-0.15, -0.1) is 0 Å². The number of alkyl halides is 3. The number of aryl methyl sites for hydroxylation is 3. The standard InChI is InChI=1S/C31H30F3N5/c1-4-20-7-6-8-21(5-2)29(20)39-30(24-11-9-19(3)28-23(24)13-15-35-28)25-18-38(16-14-26(25)37-39)27-12-10-22(17-36-27)31(32,33)34/h6-13,15,17,35H,4-5,14,16,18H2,1-3H3. The highest BCUT2D eigenvalue weighted by Crippen LogP contribution is 2.39. The fraction of sp³-hybridized carbons (Fsp3) is 0.290. The smallest absolute Gasteiger partial charge is 0.361 e. The summed E-state index contributed by atoms with van der Waals surface area (Å²) in [6, 6.07) is 15.4. The maximum absolute atomic E-state index is 13.1. The van der Waals surface area contributed by atoms with Crippen LogP contribution in [0.5, 0.6) is 0 Å². The van der Waals surface area contributed by atoms with Gasteiger partial charge in [-0.1, -0.05) is 44.2 Å². The summed E-state index contributed by atoms with van der Waals surface area (Å²) in [5.74, 6) is 0.534. The molecule has 0 amide bonds. The van der Waals surface area contributed by atoms with Crippen LogP contribution in [0.2, 0.25) is 0 Å². The Hall–Kier alpha value is -4.07. The number of nitrogens with zero attached hydrogens (tertiary/aromatic N) is 4. The number of fused-ring (bicyclic) bond motifs is 2. The first-order valence-corrected chi connectivity index (χ1v) is 13.4. The molecule has 1 aliphatic rings. The van der Waals surface area contributed by atoms with Crippen LogP contribution in [0.1, 0.15) is 47.4 Å². The number of para-hydroxylation sites is 1. The van der Waals surface area contributed by atoms with Crippen LogP contribution in [0.25, 0.3) is 27.8 Å². The van der Waals surface area contributed by atoms with E-state index in [1.165, 1.54) is 17.2 Å². The number of aromatic amines is 1. The maximum atomic E-state index is 13.1. The fourth-order valence-electron chi connectivity index (χ4n) is 5.74. The van der Waals surface area contributed by atoms with Crippen LogP contribution in [0.3, 0.4) is 0 Å². The van der Waals surface area contributed by atoms with Crippen molar-refractivity contribution < 1.29 is 13.2 Å². The third kappa shape index (κ3) is 4.28. The van der Waals surface area contributed by atoms with Crippen molar-refractivity contribution in [3.05, 3.63) is 94.4 Å². The highest BCUT2D eigenvalue weighted by molar-refractivity contribution is 5.97. The van der Waals surface area contributed by atoms with E-state index in [0.717, 1.165) is 69.8 Å². The number of halogens is 3. The predicted molar refractivity (Wildman–Crippen MR) is 148 cm³/mol. The zero-order chi connectivity index (χ0) is 27.3. The number of anilines is 1. The largest absolute Gasteiger partial charge is 0.417 e. The summed E-state index contributed by atoms with van der Waals surface area (Å²) in [7, 11) is 0. The monoisotopic (exact) mass is 529 g/mol. The van der Waals surface area contributed by atoms with Crippen molar-refractivity contribution in [1.82, 2.24) is 19.7 Å². The van der Waals surface area contributed by atoms with E-state index >= 15 is 0 Å². The molecule has 200 valence electrons. The normalized spacial score (nSPS) is 13.7. The summed E-state index contributed by atoms with van der Waals surface area (Å²) >= 11 is 0. The van der Waals surface area contributed by atoms with Crippen LogP contribution in [-0.2, 0) is 32.0 Å². The lowest BCUT2D eigenvalue weighted by Gasteiger charge is -2.28. The van der Waals surface area contributed by atoms with Gasteiger partial charge in [0, 0.05) is 53.9 Å². The van der Waals surface area contributed by atoms with E-state index < -0.39 is 11.7 Å². The molecule has 1 aliphatic heterocycles. The molecule has 3 aromatic heterocycles. The quantitative estimate of drug-likeness (QED) is 0.258. The van der Waals surface area contributed by atoms with Gasteiger partial charge in [-0.25, -0.2) is 9.67 Å². The van der Waals surface area contributed by atoms with Crippen molar-refractivity contribution >= 4 is 16.7 Å². The molecule has 0 atom stereocenters. The molecule has 8 heteroatoms. The maximum Gasteiger partial charge on any atom is 0.417 e. The molecule has 2 aromatic carbocycles. The topological polar surface area (TPSA) is 49.7 Å². The van der Waals surface area contributed by atoms with Gasteiger partial charge in [-0.05, 0) is 54.7 Å². The number of nitrogens with one attached hydrogen (secondary N) is 1. The first-order valence-electron chi connectivity index (χ1n) is 13.4. The molecular formula is C31H30F3N5. The van der Waals surface area contributed by atoms with Crippen LogP contribution >= 0.6 is 0 Å². The lowest BCUT2D eigenvalue weighted by Crippen LogP contribution is -2.31. The lowest BCUT2D eigenvalue weighted by atomic mass is 9.96. The second-order valence-electron chi connectivity index (χ2n) is 10.1. The van der Waals surface area contributed by atoms with Crippen LogP contribution < -0.4 is 4.90 Å². The van der Waals surface area contributed by atoms with Crippen LogP contribution in [0.4, 0.5) is 19.0 Å². The number of benzene rings is 2. The highest BCUT2D eigenvalue weighted by atomic mass is 19.4. The predicted octanol–water partition coefficient (Wildman–Crippen LogP) is 7.43. The second kappa shape index (κ2) is 9.59. The number of aromatic nitrogens is 4. The van der Waals surface area contributed by atoms with Crippen molar-refractivity contribution in [2.24, 2.45) is 0 Å². The SMILES string of the molecule is CCc1cccc(CC)c1-n1nc2c(c1-c1ccc(C)c3[nH]ccc13)CN(c1ccc(C(F)(F)F)cn1)CC2. The molecule has 0 spiro atoms. The summed E-state index contributed by atoms with van der Waals surface area (Å²) < 4.78 is 41.6. The van der Waals surface area contributed by atoms with Crippen LogP contribution in [0.15, 0.2) is 60.9 Å². The number of hydrogen-bond acceptors (Lipinski definition) is 3. The van der Waals surface area contributed by atoms with Crippen LogP contribution in [-0.4, -0.2) is 26.3 Å². The molecule has 0 saturated carbocycles. The molecule has 6 rings (SSSR count). The van der Waals surface area contributed by atoms with Gasteiger partial charge >= 0.3 is 6.18 Å². The average molecular weight is 530 g/mol. The van der Waals surface area contributed by atoms with Crippen molar-refractivity contribution in [3.63, 3.8) is 0 Å². The van der Waals surface area contributed by atoms with Crippen LogP contribution in [0, 0.1) is 6.92 Å². The van der Waals surface area contributed by atoms with E-state index in [0.29, 0.717) is 25.3 Å². The number of hydrogen-bond donors (Lipinski definition) is 1. The van der Waals surface area contributed by atoms with Gasteiger partial charge in [0.15, 0.2) is 0 Å². The zero-order valence-electron chi connectivity index (χ0n) is 22.2. The summed E-state index contributed by atoms with van der Waals surface area (Å²) in [5.41, 5.74) is 9.31. The Balaban J connectivity index is 1.55. The molecule has 0 bridgehead atoms. The third-order valence-electron chi connectivity index (χ3n) is 7.80. The van der Waals surface area contributed by atoms with E-state index in [2.05, 4.69) is 71.8 Å². The molecular weight excluding hydrogens is 499 g/mol. The van der Waals surface area contributed by atoms with E-state index in [1.807, 2.05) is 11.1 Å². The minimum absolute atomic E-state index is 0.512. The Morgan fingerprint density at radius 3 is 2.41 bits per heavy atom. The number of H-pyrrole nitrogens is 1. The van der Waals surface area contributed by atoms with E-state index in [4.69, 9.17) is 5.10 Å². The molecule has 0 radical (unpaired) electrons. The van der Waals surface area contributed by atoms with Crippen molar-refractivity contribution in [1.29, 1.82) is 0 Å². The van der Waals surface area contributed by atoms with Gasteiger partial charge in [0.05, 0.1) is 22.6 Å². The lowest BCUT2D eigenvalue weighted by molar-refractivity contribution is -0.137. The molecule has 39 heavy (non-hydrogen) atoms. The average Bonchev–Trinajstić information content (AvgIpc) is 3.58. The molecule has 4 heterocycles. The van der Waals surface area contributed by atoms with Gasteiger partial charge in [0.2, 0.25) is 0 Å². The third-order valence-corrected chi connectivity index (χ3v) is 7.80.